The van der Waals surface area contributed by atoms with Crippen molar-refractivity contribution in [3.8, 4) is 0 Å². The molecule has 0 N–H and O–H groups in total. The maximum absolute atomic E-state index is 12.3. The van der Waals surface area contributed by atoms with Crippen LogP contribution in [0.15, 0.2) is 0 Å². The molecular weight excluding hydrogens is 294 g/mol. The number of likely N-dealkylation sites (N-methyl/N-ethyl adjacent to an activating group) is 1. The van der Waals surface area contributed by atoms with Crippen molar-refractivity contribution < 1.29 is 14.4 Å². The number of nitrogens with zero attached hydrogens (tertiary/aromatic N) is 3. The topological polar surface area (TPSA) is 60.9 Å². The minimum absolute atomic E-state index is 0.0322. The van der Waals surface area contributed by atoms with Gasteiger partial charge in [-0.05, 0) is 37.5 Å². The van der Waals surface area contributed by atoms with Crippen molar-refractivity contribution in [2.75, 3.05) is 26.2 Å². The number of likely N-dealkylation sites (tertiary alicyclic amines) is 1. The average molecular weight is 321 g/mol. The molecule has 128 valence electrons. The molecule has 1 atom stereocenters. The summed E-state index contributed by atoms with van der Waals surface area (Å²) in [6, 6.07) is -0.391. The van der Waals surface area contributed by atoms with Gasteiger partial charge >= 0.3 is 6.03 Å². The lowest BCUT2D eigenvalue weighted by molar-refractivity contribution is -0.134. The smallest absolute Gasteiger partial charge is 0.327 e. The summed E-state index contributed by atoms with van der Waals surface area (Å²) < 4.78 is 0. The molecule has 0 aromatic rings. The molecule has 6 heteroatoms. The predicted molar refractivity (Wildman–Crippen MR) is 85.6 cm³/mol. The van der Waals surface area contributed by atoms with E-state index in [1.165, 1.54) is 4.90 Å². The highest BCUT2D eigenvalue weighted by Gasteiger charge is 2.56. The van der Waals surface area contributed by atoms with Crippen molar-refractivity contribution in [3.63, 3.8) is 0 Å². The lowest BCUT2D eigenvalue weighted by atomic mass is 9.76. The second-order valence-electron chi connectivity index (χ2n) is 7.69. The van der Waals surface area contributed by atoms with Crippen LogP contribution >= 0.6 is 0 Å². The van der Waals surface area contributed by atoms with Gasteiger partial charge in [0.05, 0.1) is 0 Å². The monoisotopic (exact) mass is 321 g/mol. The minimum atomic E-state index is -0.264. The van der Waals surface area contributed by atoms with Crippen LogP contribution in [0.2, 0.25) is 0 Å². The zero-order chi connectivity index (χ0) is 16.8. The Kier molecular flexibility index (Phi) is 4.10. The third-order valence-electron chi connectivity index (χ3n) is 5.61. The number of hydrogen-bond donors (Lipinski definition) is 0. The second-order valence-corrected chi connectivity index (χ2v) is 7.69. The number of amides is 4. The van der Waals surface area contributed by atoms with Gasteiger partial charge < -0.3 is 9.80 Å². The number of rotatable bonds is 3. The average Bonchev–Trinajstić information content (AvgIpc) is 2.96. The van der Waals surface area contributed by atoms with Gasteiger partial charge in [0.25, 0.3) is 5.91 Å². The van der Waals surface area contributed by atoms with E-state index in [0.717, 1.165) is 32.4 Å². The third-order valence-corrected chi connectivity index (χ3v) is 5.61. The quantitative estimate of drug-likeness (QED) is 0.743. The summed E-state index contributed by atoms with van der Waals surface area (Å²) in [5.41, 5.74) is 0.0322. The van der Waals surface area contributed by atoms with Crippen LogP contribution in [0.4, 0.5) is 4.79 Å². The van der Waals surface area contributed by atoms with Crippen molar-refractivity contribution >= 4 is 17.8 Å². The maximum Gasteiger partial charge on any atom is 0.327 e. The normalized spacial score (nSPS) is 26.6. The Labute approximate surface area is 137 Å². The first kappa shape index (κ1) is 16.3. The molecule has 1 spiro atoms. The number of carbonyl (C=O) groups is 3. The van der Waals surface area contributed by atoms with Gasteiger partial charge in [0, 0.05) is 32.6 Å². The molecule has 0 bridgehead atoms. The van der Waals surface area contributed by atoms with Crippen LogP contribution in [-0.4, -0.2) is 64.8 Å². The zero-order valence-corrected chi connectivity index (χ0v) is 14.4. The number of urea groups is 1. The van der Waals surface area contributed by atoms with E-state index < -0.39 is 0 Å². The largest absolute Gasteiger partial charge is 0.343 e. The molecule has 0 aromatic carbocycles. The summed E-state index contributed by atoms with van der Waals surface area (Å²) in [7, 11) is 0. The van der Waals surface area contributed by atoms with Gasteiger partial charge in [0.1, 0.15) is 6.04 Å². The summed E-state index contributed by atoms with van der Waals surface area (Å²) in [4.78, 5) is 41.9. The maximum atomic E-state index is 12.3. The predicted octanol–water partition coefficient (Wildman–Crippen LogP) is 1.70. The standard InChI is InChI=1S/C17H27N3O3/c1-4-19-15(22)13-10-17(11-20(13)16(19)23)5-7-18(8-6-17)14(21)9-12(2)3/h12-13H,4-11H2,1-3H3/t13-/m0/s1. The molecule has 3 saturated heterocycles. The molecule has 3 rings (SSSR count). The van der Waals surface area contributed by atoms with Crippen molar-refractivity contribution in [2.24, 2.45) is 11.3 Å². The fourth-order valence-electron chi connectivity index (χ4n) is 4.27. The summed E-state index contributed by atoms with van der Waals surface area (Å²) >= 11 is 0. The Morgan fingerprint density at radius 1 is 1.26 bits per heavy atom. The fourth-order valence-corrected chi connectivity index (χ4v) is 4.27. The van der Waals surface area contributed by atoms with E-state index in [0.29, 0.717) is 25.4 Å². The van der Waals surface area contributed by atoms with Gasteiger partial charge in [-0.3, -0.25) is 14.5 Å². The highest BCUT2D eigenvalue weighted by atomic mass is 16.2. The molecular formula is C17H27N3O3. The molecule has 3 aliphatic rings. The van der Waals surface area contributed by atoms with E-state index in [1.54, 1.807) is 4.90 Å². The number of imide groups is 1. The van der Waals surface area contributed by atoms with Gasteiger partial charge in [-0.1, -0.05) is 13.8 Å². The van der Waals surface area contributed by atoms with E-state index in [-0.39, 0.29) is 29.3 Å². The third kappa shape index (κ3) is 2.72. The van der Waals surface area contributed by atoms with Gasteiger partial charge in [0.2, 0.25) is 5.91 Å². The Balaban J connectivity index is 1.62. The van der Waals surface area contributed by atoms with Gasteiger partial charge in [-0.2, -0.15) is 0 Å². The van der Waals surface area contributed by atoms with E-state index in [9.17, 15) is 14.4 Å². The molecule has 0 radical (unpaired) electrons. The van der Waals surface area contributed by atoms with Crippen molar-refractivity contribution in [1.29, 1.82) is 0 Å². The van der Waals surface area contributed by atoms with Crippen LogP contribution < -0.4 is 0 Å². The summed E-state index contributed by atoms with van der Waals surface area (Å²) in [6.45, 7) is 8.60. The Hall–Kier alpha value is -1.59. The van der Waals surface area contributed by atoms with Gasteiger partial charge in [-0.15, -0.1) is 0 Å². The van der Waals surface area contributed by atoms with Crippen LogP contribution in [0, 0.1) is 11.3 Å². The molecule has 0 saturated carbocycles. The molecule has 3 heterocycles. The molecule has 4 amide bonds. The highest BCUT2D eigenvalue weighted by molar-refractivity contribution is 6.04. The van der Waals surface area contributed by atoms with Crippen LogP contribution in [-0.2, 0) is 9.59 Å². The lowest BCUT2D eigenvalue weighted by Gasteiger charge is -2.39. The van der Waals surface area contributed by atoms with Gasteiger partial charge in [-0.25, -0.2) is 4.79 Å². The first-order chi connectivity index (χ1) is 10.9. The van der Waals surface area contributed by atoms with E-state index in [4.69, 9.17) is 0 Å². The molecule has 3 aliphatic heterocycles. The molecule has 0 unspecified atom stereocenters. The molecule has 6 nitrogen and oxygen atoms in total. The van der Waals surface area contributed by atoms with Crippen LogP contribution in [0.1, 0.15) is 46.5 Å². The zero-order valence-electron chi connectivity index (χ0n) is 14.4. The van der Waals surface area contributed by atoms with E-state index in [1.807, 2.05) is 11.8 Å². The van der Waals surface area contributed by atoms with Gasteiger partial charge in [0.15, 0.2) is 0 Å². The van der Waals surface area contributed by atoms with Crippen molar-refractivity contribution in [1.82, 2.24) is 14.7 Å². The first-order valence-electron chi connectivity index (χ1n) is 8.76. The van der Waals surface area contributed by atoms with Crippen molar-refractivity contribution in [3.05, 3.63) is 0 Å². The highest BCUT2D eigenvalue weighted by Crippen LogP contribution is 2.46. The number of carbonyl (C=O) groups excluding carboxylic acids is 3. The van der Waals surface area contributed by atoms with Crippen LogP contribution in [0.5, 0.6) is 0 Å². The van der Waals surface area contributed by atoms with E-state index in [2.05, 4.69) is 13.8 Å². The van der Waals surface area contributed by atoms with Crippen LogP contribution in [0.25, 0.3) is 0 Å². The SMILES string of the molecule is CCN1C(=O)[C@@H]2CC3(CCN(C(=O)CC(C)C)CC3)CN2C1=O. The number of piperidine rings is 1. The number of hydrogen-bond acceptors (Lipinski definition) is 3. The summed E-state index contributed by atoms with van der Waals surface area (Å²) in [5.74, 6) is 0.580. The molecule has 0 aliphatic carbocycles. The molecule has 0 aromatic heterocycles. The van der Waals surface area contributed by atoms with Crippen molar-refractivity contribution in [2.45, 2.75) is 52.5 Å². The second kappa shape index (κ2) is 5.80. The summed E-state index contributed by atoms with van der Waals surface area (Å²) in [6.07, 6.45) is 3.16. The Morgan fingerprint density at radius 3 is 2.43 bits per heavy atom. The molecule has 23 heavy (non-hydrogen) atoms. The fraction of sp³-hybridized carbons (Fsp3) is 0.824. The van der Waals surface area contributed by atoms with E-state index >= 15 is 0 Å². The summed E-state index contributed by atoms with van der Waals surface area (Å²) in [5, 5.41) is 0. The van der Waals surface area contributed by atoms with Crippen LogP contribution in [0.3, 0.4) is 0 Å². The first-order valence-corrected chi connectivity index (χ1v) is 8.76. The number of fused-ring (bicyclic) bond motifs is 1. The molecule has 3 fully saturated rings. The minimum Gasteiger partial charge on any atom is -0.343 e. The lowest BCUT2D eigenvalue weighted by Crippen LogP contribution is -2.46. The Morgan fingerprint density at radius 2 is 1.91 bits per heavy atom. The Bertz CT molecular complexity index is 497.